The Bertz CT molecular complexity index is 576. The Hall–Kier alpha value is -1.62. The molecule has 1 aliphatic rings. The van der Waals surface area contributed by atoms with Gasteiger partial charge in [0.2, 0.25) is 0 Å². The first-order valence-corrected chi connectivity index (χ1v) is 7.00. The molecular weight excluding hydrogens is 249 g/mol. The van der Waals surface area contributed by atoms with Crippen LogP contribution in [0.1, 0.15) is 24.3 Å². The van der Waals surface area contributed by atoms with E-state index in [1.54, 1.807) is 0 Å². The minimum absolute atomic E-state index is 0.175. The standard InChI is InChI=1S/C16H18BNO2/c1-2-18(12-13-8-4-3-5-9-13)16-14-10-6-7-11-15(14)17(19)20-16/h3-11,16,19H,2,12H2,1H3. The molecule has 0 radical (unpaired) electrons. The van der Waals surface area contributed by atoms with Crippen molar-refractivity contribution in [2.75, 3.05) is 6.54 Å². The van der Waals surface area contributed by atoms with E-state index in [2.05, 4.69) is 24.0 Å². The van der Waals surface area contributed by atoms with Gasteiger partial charge in [-0.25, -0.2) is 0 Å². The highest BCUT2D eigenvalue weighted by Crippen LogP contribution is 2.28. The molecule has 0 amide bonds. The molecule has 1 heterocycles. The highest BCUT2D eigenvalue weighted by atomic mass is 16.5. The monoisotopic (exact) mass is 267 g/mol. The third-order valence-corrected chi connectivity index (χ3v) is 3.75. The van der Waals surface area contributed by atoms with Crippen LogP contribution in [0.25, 0.3) is 0 Å². The molecule has 1 N–H and O–H groups in total. The average molecular weight is 267 g/mol. The van der Waals surface area contributed by atoms with E-state index in [9.17, 15) is 5.02 Å². The smallest absolute Gasteiger partial charge is 0.423 e. The highest BCUT2D eigenvalue weighted by Gasteiger charge is 2.37. The summed E-state index contributed by atoms with van der Waals surface area (Å²) in [5, 5.41) is 10.0. The van der Waals surface area contributed by atoms with Gasteiger partial charge in [0.05, 0.1) is 0 Å². The molecule has 1 atom stereocenters. The molecule has 3 nitrogen and oxygen atoms in total. The van der Waals surface area contributed by atoms with Gasteiger partial charge in [-0.1, -0.05) is 61.5 Å². The van der Waals surface area contributed by atoms with Crippen LogP contribution in [0.5, 0.6) is 0 Å². The maximum atomic E-state index is 10.0. The molecule has 0 saturated heterocycles. The van der Waals surface area contributed by atoms with Crippen LogP contribution >= 0.6 is 0 Å². The summed E-state index contributed by atoms with van der Waals surface area (Å²) in [4.78, 5) is 2.23. The van der Waals surface area contributed by atoms with Gasteiger partial charge < -0.3 is 9.68 Å². The Morgan fingerprint density at radius 1 is 1.10 bits per heavy atom. The lowest BCUT2D eigenvalue weighted by Crippen LogP contribution is -2.30. The van der Waals surface area contributed by atoms with Crippen LogP contribution in [-0.2, 0) is 11.2 Å². The largest absolute Gasteiger partial charge is 0.492 e. The number of hydrogen-bond donors (Lipinski definition) is 1. The molecule has 2 aromatic carbocycles. The molecule has 0 saturated carbocycles. The predicted molar refractivity (Wildman–Crippen MR) is 80.4 cm³/mol. The molecule has 4 heteroatoms. The minimum Gasteiger partial charge on any atom is -0.423 e. The maximum absolute atomic E-state index is 10.0. The van der Waals surface area contributed by atoms with Crippen molar-refractivity contribution in [3.8, 4) is 0 Å². The van der Waals surface area contributed by atoms with Crippen molar-refractivity contribution in [2.24, 2.45) is 0 Å². The van der Waals surface area contributed by atoms with Gasteiger partial charge in [-0.2, -0.15) is 0 Å². The van der Waals surface area contributed by atoms with Gasteiger partial charge in [0, 0.05) is 6.54 Å². The van der Waals surface area contributed by atoms with Crippen molar-refractivity contribution >= 4 is 12.6 Å². The Balaban J connectivity index is 1.84. The van der Waals surface area contributed by atoms with Crippen molar-refractivity contribution in [1.29, 1.82) is 0 Å². The molecule has 102 valence electrons. The first-order chi connectivity index (χ1) is 9.79. The first kappa shape index (κ1) is 13.4. The van der Waals surface area contributed by atoms with Crippen molar-refractivity contribution in [1.82, 2.24) is 4.90 Å². The third-order valence-electron chi connectivity index (χ3n) is 3.75. The van der Waals surface area contributed by atoms with Crippen LogP contribution in [0, 0.1) is 0 Å². The molecule has 2 aromatic rings. The number of rotatable bonds is 4. The Morgan fingerprint density at radius 2 is 1.80 bits per heavy atom. The summed E-state index contributed by atoms with van der Waals surface area (Å²) in [7, 11) is -0.818. The SMILES string of the molecule is CCN(Cc1ccccc1)C1OB(O)c2ccccc21. The Labute approximate surface area is 120 Å². The van der Waals surface area contributed by atoms with Crippen molar-refractivity contribution in [3.63, 3.8) is 0 Å². The molecular formula is C16H18BNO2. The summed E-state index contributed by atoms with van der Waals surface area (Å²) in [5.41, 5.74) is 3.19. The van der Waals surface area contributed by atoms with E-state index in [-0.39, 0.29) is 6.23 Å². The van der Waals surface area contributed by atoms with E-state index in [0.717, 1.165) is 24.1 Å². The van der Waals surface area contributed by atoms with Crippen LogP contribution in [0.2, 0.25) is 0 Å². The predicted octanol–water partition coefficient (Wildman–Crippen LogP) is 1.92. The molecule has 1 unspecified atom stereocenters. The molecule has 0 spiro atoms. The minimum atomic E-state index is -0.818. The number of fused-ring (bicyclic) bond motifs is 1. The van der Waals surface area contributed by atoms with E-state index >= 15 is 0 Å². The lowest BCUT2D eigenvalue weighted by molar-refractivity contribution is 0.0178. The van der Waals surface area contributed by atoms with Gasteiger partial charge in [0.1, 0.15) is 6.23 Å². The summed E-state index contributed by atoms with van der Waals surface area (Å²) in [6.45, 7) is 3.78. The summed E-state index contributed by atoms with van der Waals surface area (Å²) in [6.07, 6.45) is -0.175. The maximum Gasteiger partial charge on any atom is 0.492 e. The second kappa shape index (κ2) is 5.79. The zero-order chi connectivity index (χ0) is 13.9. The highest BCUT2D eigenvalue weighted by molar-refractivity contribution is 6.61. The normalized spacial score (nSPS) is 17.6. The van der Waals surface area contributed by atoms with Crippen LogP contribution < -0.4 is 5.46 Å². The van der Waals surface area contributed by atoms with Crippen molar-refractivity contribution in [3.05, 3.63) is 65.7 Å². The molecule has 0 aromatic heterocycles. The van der Waals surface area contributed by atoms with Crippen molar-refractivity contribution < 1.29 is 9.68 Å². The fourth-order valence-corrected chi connectivity index (χ4v) is 2.69. The van der Waals surface area contributed by atoms with E-state index < -0.39 is 7.12 Å². The lowest BCUT2D eigenvalue weighted by atomic mass is 9.79. The zero-order valence-electron chi connectivity index (χ0n) is 11.6. The molecule has 20 heavy (non-hydrogen) atoms. The lowest BCUT2D eigenvalue weighted by Gasteiger charge is -2.28. The Kier molecular flexibility index (Phi) is 3.87. The molecule has 0 bridgehead atoms. The summed E-state index contributed by atoms with van der Waals surface area (Å²) < 4.78 is 5.74. The van der Waals surface area contributed by atoms with E-state index in [0.29, 0.717) is 0 Å². The number of benzene rings is 2. The Morgan fingerprint density at radius 3 is 2.55 bits per heavy atom. The average Bonchev–Trinajstić information content (AvgIpc) is 2.84. The topological polar surface area (TPSA) is 32.7 Å². The summed E-state index contributed by atoms with van der Waals surface area (Å²) >= 11 is 0. The van der Waals surface area contributed by atoms with E-state index in [1.807, 2.05) is 42.5 Å². The summed E-state index contributed by atoms with van der Waals surface area (Å²) in [6, 6.07) is 18.2. The van der Waals surface area contributed by atoms with Crippen LogP contribution in [-0.4, -0.2) is 23.6 Å². The van der Waals surface area contributed by atoms with Crippen LogP contribution in [0.15, 0.2) is 54.6 Å². The molecule has 0 fully saturated rings. The second-order valence-corrected chi connectivity index (χ2v) is 5.02. The van der Waals surface area contributed by atoms with Gasteiger partial charge in [-0.15, -0.1) is 0 Å². The fourth-order valence-electron chi connectivity index (χ4n) is 2.69. The van der Waals surface area contributed by atoms with E-state index in [4.69, 9.17) is 4.65 Å². The number of hydrogen-bond acceptors (Lipinski definition) is 3. The quantitative estimate of drug-likeness (QED) is 0.859. The van der Waals surface area contributed by atoms with Gasteiger partial charge in [-0.05, 0) is 23.1 Å². The van der Waals surface area contributed by atoms with Crippen LogP contribution in [0.3, 0.4) is 0 Å². The number of nitrogens with zero attached hydrogens (tertiary/aromatic N) is 1. The molecule has 0 aliphatic carbocycles. The van der Waals surface area contributed by atoms with Crippen LogP contribution in [0.4, 0.5) is 0 Å². The van der Waals surface area contributed by atoms with Gasteiger partial charge in [0.15, 0.2) is 0 Å². The van der Waals surface area contributed by atoms with Gasteiger partial charge >= 0.3 is 7.12 Å². The molecule has 1 aliphatic heterocycles. The van der Waals surface area contributed by atoms with E-state index in [1.165, 1.54) is 5.56 Å². The van der Waals surface area contributed by atoms with Gasteiger partial charge in [0.25, 0.3) is 0 Å². The van der Waals surface area contributed by atoms with Gasteiger partial charge in [-0.3, -0.25) is 4.90 Å². The second-order valence-electron chi connectivity index (χ2n) is 5.02. The fraction of sp³-hybridized carbons (Fsp3) is 0.250. The summed E-state index contributed by atoms with van der Waals surface area (Å²) in [5.74, 6) is 0. The zero-order valence-corrected chi connectivity index (χ0v) is 11.6. The van der Waals surface area contributed by atoms with Crippen molar-refractivity contribution in [2.45, 2.75) is 19.7 Å². The molecule has 3 rings (SSSR count). The first-order valence-electron chi connectivity index (χ1n) is 7.00. The third kappa shape index (κ3) is 2.50.